The van der Waals surface area contributed by atoms with Crippen molar-refractivity contribution in [3.8, 4) is 5.75 Å². The molecule has 21 heavy (non-hydrogen) atoms. The first-order valence-electron chi connectivity index (χ1n) is 7.46. The number of benzene rings is 1. The van der Waals surface area contributed by atoms with Crippen molar-refractivity contribution >= 4 is 0 Å². The van der Waals surface area contributed by atoms with Gasteiger partial charge in [0.15, 0.2) is 0 Å². The van der Waals surface area contributed by atoms with Crippen molar-refractivity contribution in [2.24, 2.45) is 0 Å². The lowest BCUT2D eigenvalue weighted by molar-refractivity contribution is 0.189. The van der Waals surface area contributed by atoms with E-state index in [1.54, 1.807) is 6.92 Å². The Kier molecular flexibility index (Phi) is 5.02. The molecule has 0 spiro atoms. The van der Waals surface area contributed by atoms with E-state index < -0.39 is 6.10 Å². The predicted molar refractivity (Wildman–Crippen MR) is 83.4 cm³/mol. The number of aryl methyl sites for hydroxylation is 1. The van der Waals surface area contributed by atoms with Gasteiger partial charge in [0.05, 0.1) is 11.8 Å². The van der Waals surface area contributed by atoms with Gasteiger partial charge in [-0.05, 0) is 45.4 Å². The summed E-state index contributed by atoms with van der Waals surface area (Å²) in [5.74, 6) is 0.716. The fraction of sp³-hybridized carbons (Fsp3) is 0.471. The molecule has 2 unspecified atom stereocenters. The number of aliphatic hydroxyl groups is 1. The molecular formula is C17H24N2O2. The highest BCUT2D eigenvalue weighted by atomic mass is 16.5. The van der Waals surface area contributed by atoms with Crippen LogP contribution in [0.5, 0.6) is 5.75 Å². The Balaban J connectivity index is 2.08. The van der Waals surface area contributed by atoms with Gasteiger partial charge in [0.1, 0.15) is 12.4 Å². The van der Waals surface area contributed by atoms with Crippen LogP contribution < -0.4 is 4.74 Å². The van der Waals surface area contributed by atoms with Crippen molar-refractivity contribution in [3.63, 3.8) is 0 Å². The van der Waals surface area contributed by atoms with Gasteiger partial charge in [-0.3, -0.25) is 4.68 Å². The topological polar surface area (TPSA) is 47.3 Å². The first-order valence-corrected chi connectivity index (χ1v) is 7.46. The van der Waals surface area contributed by atoms with Crippen LogP contribution in [0.2, 0.25) is 0 Å². The molecule has 0 radical (unpaired) electrons. The first kappa shape index (κ1) is 15.6. The lowest BCUT2D eigenvalue weighted by atomic mass is 10.1. The Labute approximate surface area is 126 Å². The number of hydrogen-bond acceptors (Lipinski definition) is 3. The second-order valence-electron chi connectivity index (χ2n) is 5.55. The SMILES string of the molecule is CCC(C)n1ccc(COc2ccc(C)cc2C(C)O)n1. The van der Waals surface area contributed by atoms with Crippen molar-refractivity contribution in [3.05, 3.63) is 47.3 Å². The highest BCUT2D eigenvalue weighted by molar-refractivity contribution is 5.38. The minimum atomic E-state index is -0.544. The fourth-order valence-electron chi connectivity index (χ4n) is 2.16. The molecule has 2 aromatic rings. The van der Waals surface area contributed by atoms with E-state index in [1.807, 2.05) is 42.1 Å². The van der Waals surface area contributed by atoms with Crippen LogP contribution in [-0.4, -0.2) is 14.9 Å². The highest BCUT2D eigenvalue weighted by Crippen LogP contribution is 2.26. The second kappa shape index (κ2) is 6.76. The monoisotopic (exact) mass is 288 g/mol. The van der Waals surface area contributed by atoms with Crippen molar-refractivity contribution in [2.75, 3.05) is 0 Å². The predicted octanol–water partition coefficient (Wildman–Crippen LogP) is 3.79. The normalized spacial score (nSPS) is 14.0. The number of nitrogens with zero attached hydrogens (tertiary/aromatic N) is 2. The molecule has 0 fully saturated rings. The molecule has 4 heteroatoms. The zero-order valence-electron chi connectivity index (χ0n) is 13.2. The molecular weight excluding hydrogens is 264 g/mol. The molecule has 0 saturated carbocycles. The second-order valence-corrected chi connectivity index (χ2v) is 5.55. The summed E-state index contributed by atoms with van der Waals surface area (Å²) in [6.45, 7) is 8.45. The van der Waals surface area contributed by atoms with Gasteiger partial charge < -0.3 is 9.84 Å². The first-order chi connectivity index (χ1) is 10.0. The number of rotatable bonds is 6. The number of hydrogen-bond donors (Lipinski definition) is 1. The Morgan fingerprint density at radius 2 is 2.05 bits per heavy atom. The molecule has 2 rings (SSSR count). The van der Waals surface area contributed by atoms with Gasteiger partial charge in [0.25, 0.3) is 0 Å². The Hall–Kier alpha value is -1.81. The van der Waals surface area contributed by atoms with Crippen LogP contribution in [0, 0.1) is 6.92 Å². The summed E-state index contributed by atoms with van der Waals surface area (Å²) in [5.41, 5.74) is 2.82. The number of aromatic nitrogens is 2. The molecule has 4 nitrogen and oxygen atoms in total. The van der Waals surface area contributed by atoms with Gasteiger partial charge >= 0.3 is 0 Å². The standard InChI is InChI=1S/C17H24N2O2/c1-5-13(3)19-9-8-15(18-19)11-21-17-7-6-12(2)10-16(17)14(4)20/h6-10,13-14,20H,5,11H2,1-4H3. The van der Waals surface area contributed by atoms with E-state index in [2.05, 4.69) is 18.9 Å². The zero-order chi connectivity index (χ0) is 15.4. The lowest BCUT2D eigenvalue weighted by Crippen LogP contribution is -2.06. The van der Waals surface area contributed by atoms with E-state index in [4.69, 9.17) is 4.74 Å². The fourth-order valence-corrected chi connectivity index (χ4v) is 2.16. The summed E-state index contributed by atoms with van der Waals surface area (Å²) >= 11 is 0. The van der Waals surface area contributed by atoms with E-state index in [9.17, 15) is 5.11 Å². The summed E-state index contributed by atoms with van der Waals surface area (Å²) in [6.07, 6.45) is 2.49. The molecule has 114 valence electrons. The Morgan fingerprint density at radius 3 is 2.71 bits per heavy atom. The molecule has 1 aromatic heterocycles. The van der Waals surface area contributed by atoms with E-state index >= 15 is 0 Å². The zero-order valence-corrected chi connectivity index (χ0v) is 13.2. The van der Waals surface area contributed by atoms with Crippen LogP contribution in [-0.2, 0) is 6.61 Å². The quantitative estimate of drug-likeness (QED) is 0.879. The van der Waals surface area contributed by atoms with Crippen LogP contribution in [0.1, 0.15) is 56.2 Å². The van der Waals surface area contributed by atoms with Crippen LogP contribution in [0.25, 0.3) is 0 Å². The molecule has 2 atom stereocenters. The van der Waals surface area contributed by atoms with Gasteiger partial charge in [0, 0.05) is 17.8 Å². The summed E-state index contributed by atoms with van der Waals surface area (Å²) in [7, 11) is 0. The molecule has 1 N–H and O–H groups in total. The summed E-state index contributed by atoms with van der Waals surface area (Å²) in [6, 6.07) is 8.22. The van der Waals surface area contributed by atoms with Gasteiger partial charge in [-0.2, -0.15) is 5.10 Å². The molecule has 1 aromatic carbocycles. The average Bonchev–Trinajstić information content (AvgIpc) is 2.93. The van der Waals surface area contributed by atoms with Crippen molar-refractivity contribution in [1.82, 2.24) is 9.78 Å². The molecule has 0 aliphatic rings. The van der Waals surface area contributed by atoms with Crippen LogP contribution in [0.4, 0.5) is 0 Å². The van der Waals surface area contributed by atoms with Gasteiger partial charge in [-0.25, -0.2) is 0 Å². The smallest absolute Gasteiger partial charge is 0.132 e. The van der Waals surface area contributed by atoms with Gasteiger partial charge in [-0.1, -0.05) is 18.6 Å². The van der Waals surface area contributed by atoms with Crippen molar-refractivity contribution < 1.29 is 9.84 Å². The lowest BCUT2D eigenvalue weighted by Gasteiger charge is -2.13. The van der Waals surface area contributed by atoms with Crippen molar-refractivity contribution in [2.45, 2.75) is 52.9 Å². The maximum Gasteiger partial charge on any atom is 0.132 e. The third-order valence-electron chi connectivity index (χ3n) is 3.70. The molecule has 0 aliphatic heterocycles. The van der Waals surface area contributed by atoms with E-state index in [0.29, 0.717) is 18.4 Å². The van der Waals surface area contributed by atoms with E-state index in [-0.39, 0.29) is 0 Å². The van der Waals surface area contributed by atoms with Gasteiger partial charge in [0.2, 0.25) is 0 Å². The van der Waals surface area contributed by atoms with E-state index in [1.165, 1.54) is 0 Å². The van der Waals surface area contributed by atoms with Crippen molar-refractivity contribution in [1.29, 1.82) is 0 Å². The molecule has 0 aliphatic carbocycles. The van der Waals surface area contributed by atoms with Gasteiger partial charge in [-0.15, -0.1) is 0 Å². The number of aliphatic hydroxyl groups excluding tert-OH is 1. The van der Waals surface area contributed by atoms with Crippen LogP contribution in [0.3, 0.4) is 0 Å². The minimum absolute atomic E-state index is 0.395. The molecule has 0 amide bonds. The Bertz CT molecular complexity index is 590. The molecule has 1 heterocycles. The highest BCUT2D eigenvalue weighted by Gasteiger charge is 2.11. The third-order valence-corrected chi connectivity index (χ3v) is 3.70. The summed E-state index contributed by atoms with van der Waals surface area (Å²) in [5, 5.41) is 14.4. The Morgan fingerprint density at radius 1 is 1.29 bits per heavy atom. The summed E-state index contributed by atoms with van der Waals surface area (Å²) < 4.78 is 7.79. The van der Waals surface area contributed by atoms with Crippen LogP contribution in [0.15, 0.2) is 30.5 Å². The summed E-state index contributed by atoms with van der Waals surface area (Å²) in [4.78, 5) is 0. The van der Waals surface area contributed by atoms with Crippen LogP contribution >= 0.6 is 0 Å². The average molecular weight is 288 g/mol. The molecule has 0 bridgehead atoms. The molecule has 0 saturated heterocycles. The number of ether oxygens (including phenoxy) is 1. The minimum Gasteiger partial charge on any atom is -0.487 e. The third kappa shape index (κ3) is 3.85. The largest absolute Gasteiger partial charge is 0.487 e. The van der Waals surface area contributed by atoms with E-state index in [0.717, 1.165) is 23.2 Å². The maximum absolute atomic E-state index is 9.84. The maximum atomic E-state index is 9.84.